The highest BCUT2D eigenvalue weighted by Gasteiger charge is 2.33. The summed E-state index contributed by atoms with van der Waals surface area (Å²) in [5, 5.41) is 4.47. The van der Waals surface area contributed by atoms with Crippen LogP contribution in [0.2, 0.25) is 0 Å². The van der Waals surface area contributed by atoms with Crippen molar-refractivity contribution in [2.24, 2.45) is 5.92 Å². The van der Waals surface area contributed by atoms with Crippen LogP contribution in [0.15, 0.2) is 18.3 Å². The standard InChI is InChI=1S/C21H28F3N3O2/c1-4-29-20(28)18-15(3)19(27-17(18)6-5-10-25-27)14(2)16-7-11-26(12-8-16)13-9-21(22,23)24/h5-6,10,14,16H,4,7-9,11-13H2,1-3H3. The van der Waals surface area contributed by atoms with Crippen LogP contribution in [0.5, 0.6) is 0 Å². The molecule has 8 heteroatoms. The number of rotatable bonds is 6. The number of piperidine rings is 1. The number of fused-ring (bicyclic) bond motifs is 1. The predicted octanol–water partition coefficient (Wildman–Crippen LogP) is 4.59. The molecule has 1 aliphatic heterocycles. The Morgan fingerprint density at radius 2 is 2.03 bits per heavy atom. The number of hydrogen-bond acceptors (Lipinski definition) is 4. The van der Waals surface area contributed by atoms with Crippen LogP contribution in [0.1, 0.15) is 60.6 Å². The summed E-state index contributed by atoms with van der Waals surface area (Å²) < 4.78 is 44.5. The first-order chi connectivity index (χ1) is 13.7. The molecule has 0 aromatic carbocycles. The summed E-state index contributed by atoms with van der Waals surface area (Å²) >= 11 is 0. The van der Waals surface area contributed by atoms with E-state index >= 15 is 0 Å². The van der Waals surface area contributed by atoms with E-state index in [1.807, 2.05) is 22.4 Å². The van der Waals surface area contributed by atoms with Crippen LogP contribution in [-0.2, 0) is 4.74 Å². The van der Waals surface area contributed by atoms with Crippen molar-refractivity contribution in [1.29, 1.82) is 0 Å². The van der Waals surface area contributed by atoms with Crippen molar-refractivity contribution < 1.29 is 22.7 Å². The Hall–Kier alpha value is -2.09. The molecule has 0 saturated carbocycles. The number of carbonyl (C=O) groups excluding carboxylic acids is 1. The van der Waals surface area contributed by atoms with Crippen LogP contribution in [-0.4, -0.2) is 52.9 Å². The molecule has 29 heavy (non-hydrogen) atoms. The van der Waals surface area contributed by atoms with Crippen LogP contribution < -0.4 is 0 Å². The molecular formula is C21H28F3N3O2. The van der Waals surface area contributed by atoms with Crippen LogP contribution in [0.4, 0.5) is 13.2 Å². The van der Waals surface area contributed by atoms with Crippen LogP contribution in [0.25, 0.3) is 5.52 Å². The molecule has 1 atom stereocenters. The van der Waals surface area contributed by atoms with Crippen LogP contribution in [0.3, 0.4) is 0 Å². The second-order valence-corrected chi connectivity index (χ2v) is 7.76. The highest BCUT2D eigenvalue weighted by molar-refractivity contribution is 5.99. The van der Waals surface area contributed by atoms with Gasteiger partial charge in [-0.1, -0.05) is 6.92 Å². The van der Waals surface area contributed by atoms with E-state index in [1.54, 1.807) is 19.2 Å². The molecule has 2 aromatic rings. The molecule has 3 heterocycles. The molecule has 2 aromatic heterocycles. The second kappa shape index (κ2) is 8.73. The molecule has 0 radical (unpaired) electrons. The zero-order chi connectivity index (χ0) is 21.2. The average Bonchev–Trinajstić information content (AvgIpc) is 2.97. The first-order valence-corrected chi connectivity index (χ1v) is 10.1. The van der Waals surface area contributed by atoms with Gasteiger partial charge in [0.2, 0.25) is 0 Å². The highest BCUT2D eigenvalue weighted by Crippen LogP contribution is 2.37. The van der Waals surface area contributed by atoms with E-state index in [0.717, 1.165) is 29.6 Å². The molecular weight excluding hydrogens is 383 g/mol. The number of alkyl halides is 3. The SMILES string of the molecule is CCOC(=O)c1c(C)c(C(C)C2CCN(CCC(F)(F)F)CC2)n2ncccc12. The maximum atomic E-state index is 12.5. The van der Waals surface area contributed by atoms with Gasteiger partial charge in [0.05, 0.1) is 24.1 Å². The minimum atomic E-state index is -4.11. The van der Waals surface area contributed by atoms with Gasteiger partial charge in [0.15, 0.2) is 0 Å². The summed E-state index contributed by atoms with van der Waals surface area (Å²) in [7, 11) is 0. The molecule has 0 aliphatic carbocycles. The van der Waals surface area contributed by atoms with Gasteiger partial charge in [-0.05, 0) is 63.4 Å². The number of esters is 1. The maximum Gasteiger partial charge on any atom is 0.390 e. The van der Waals surface area contributed by atoms with E-state index in [0.29, 0.717) is 31.2 Å². The third-order valence-corrected chi connectivity index (χ3v) is 5.96. The third-order valence-electron chi connectivity index (χ3n) is 5.96. The molecule has 1 unspecified atom stereocenters. The molecule has 5 nitrogen and oxygen atoms in total. The van der Waals surface area contributed by atoms with Gasteiger partial charge in [-0.15, -0.1) is 0 Å². The number of nitrogens with zero attached hydrogens (tertiary/aromatic N) is 3. The van der Waals surface area contributed by atoms with E-state index in [9.17, 15) is 18.0 Å². The van der Waals surface area contributed by atoms with Gasteiger partial charge in [-0.3, -0.25) is 0 Å². The molecule has 1 saturated heterocycles. The fraction of sp³-hybridized carbons (Fsp3) is 0.619. The van der Waals surface area contributed by atoms with E-state index in [1.165, 1.54) is 0 Å². The lowest BCUT2D eigenvalue weighted by molar-refractivity contribution is -0.138. The van der Waals surface area contributed by atoms with Gasteiger partial charge in [0.1, 0.15) is 0 Å². The van der Waals surface area contributed by atoms with Gasteiger partial charge in [-0.2, -0.15) is 18.3 Å². The van der Waals surface area contributed by atoms with Crippen molar-refractivity contribution >= 4 is 11.5 Å². The summed E-state index contributed by atoms with van der Waals surface area (Å²) in [5.41, 5.74) is 3.13. The number of aromatic nitrogens is 2. The zero-order valence-corrected chi connectivity index (χ0v) is 17.1. The Bertz CT molecular complexity index is 855. The van der Waals surface area contributed by atoms with Gasteiger partial charge < -0.3 is 9.64 Å². The monoisotopic (exact) mass is 411 g/mol. The Morgan fingerprint density at radius 3 is 2.66 bits per heavy atom. The molecule has 1 fully saturated rings. The molecule has 0 amide bonds. The van der Waals surface area contributed by atoms with Crippen molar-refractivity contribution in [3.05, 3.63) is 35.2 Å². The van der Waals surface area contributed by atoms with E-state index in [4.69, 9.17) is 4.74 Å². The highest BCUT2D eigenvalue weighted by atomic mass is 19.4. The molecule has 0 N–H and O–H groups in total. The second-order valence-electron chi connectivity index (χ2n) is 7.76. The average molecular weight is 411 g/mol. The smallest absolute Gasteiger partial charge is 0.390 e. The summed E-state index contributed by atoms with van der Waals surface area (Å²) in [6.45, 7) is 7.50. The fourth-order valence-electron chi connectivity index (χ4n) is 4.41. The Morgan fingerprint density at radius 1 is 1.34 bits per heavy atom. The summed E-state index contributed by atoms with van der Waals surface area (Å²) in [5.74, 6) is 0.104. The van der Waals surface area contributed by atoms with Crippen molar-refractivity contribution in [3.8, 4) is 0 Å². The van der Waals surface area contributed by atoms with Crippen molar-refractivity contribution in [2.45, 2.75) is 52.1 Å². The number of carbonyl (C=O) groups is 1. The number of halogens is 3. The topological polar surface area (TPSA) is 46.8 Å². The van der Waals surface area contributed by atoms with Crippen LogP contribution >= 0.6 is 0 Å². The van der Waals surface area contributed by atoms with Gasteiger partial charge in [0.25, 0.3) is 0 Å². The molecule has 1 aliphatic rings. The lowest BCUT2D eigenvalue weighted by Crippen LogP contribution is -2.37. The Balaban J connectivity index is 1.79. The van der Waals surface area contributed by atoms with Crippen molar-refractivity contribution in [3.63, 3.8) is 0 Å². The fourth-order valence-corrected chi connectivity index (χ4v) is 4.41. The Kier molecular flexibility index (Phi) is 6.51. The van der Waals surface area contributed by atoms with Crippen LogP contribution in [0, 0.1) is 12.8 Å². The lowest BCUT2D eigenvalue weighted by Gasteiger charge is -2.35. The predicted molar refractivity (Wildman–Crippen MR) is 104 cm³/mol. The first kappa shape index (κ1) is 21.6. The van der Waals surface area contributed by atoms with Gasteiger partial charge >= 0.3 is 12.1 Å². The molecule has 3 rings (SSSR count). The van der Waals surface area contributed by atoms with E-state index < -0.39 is 12.6 Å². The minimum absolute atomic E-state index is 0.0618. The normalized spacial score (nSPS) is 17.6. The van der Waals surface area contributed by atoms with Gasteiger partial charge in [-0.25, -0.2) is 9.31 Å². The Labute approximate surface area is 168 Å². The summed E-state index contributed by atoms with van der Waals surface area (Å²) in [6.07, 6.45) is -1.53. The van der Waals surface area contributed by atoms with Crippen molar-refractivity contribution in [1.82, 2.24) is 14.5 Å². The summed E-state index contributed by atoms with van der Waals surface area (Å²) in [4.78, 5) is 14.4. The van der Waals surface area contributed by atoms with Crippen molar-refractivity contribution in [2.75, 3.05) is 26.2 Å². The quantitative estimate of drug-likeness (QED) is 0.653. The molecule has 0 spiro atoms. The van der Waals surface area contributed by atoms with E-state index in [2.05, 4.69) is 12.0 Å². The van der Waals surface area contributed by atoms with Gasteiger partial charge in [0, 0.05) is 24.4 Å². The number of likely N-dealkylation sites (tertiary alicyclic amines) is 1. The zero-order valence-electron chi connectivity index (χ0n) is 17.1. The largest absolute Gasteiger partial charge is 0.462 e. The lowest BCUT2D eigenvalue weighted by atomic mass is 9.82. The summed E-state index contributed by atoms with van der Waals surface area (Å²) in [6, 6.07) is 3.66. The number of ether oxygens (including phenoxy) is 1. The number of hydrogen-bond donors (Lipinski definition) is 0. The molecule has 0 bridgehead atoms. The third kappa shape index (κ3) is 4.74. The minimum Gasteiger partial charge on any atom is -0.462 e. The first-order valence-electron chi connectivity index (χ1n) is 10.1. The maximum absolute atomic E-state index is 12.5. The van der Waals surface area contributed by atoms with E-state index in [-0.39, 0.29) is 18.4 Å². The molecule has 160 valence electrons.